The number of aliphatic hydroxyl groups excluding tert-OH is 1. The minimum absolute atomic E-state index is 0.0662. The number of carbonyl (C=O) groups excluding carboxylic acids is 2. The van der Waals surface area contributed by atoms with Gasteiger partial charge in [-0.05, 0) is 35.7 Å². The van der Waals surface area contributed by atoms with E-state index in [4.69, 9.17) is 9.47 Å². The Kier molecular flexibility index (Phi) is 7.24. The summed E-state index contributed by atoms with van der Waals surface area (Å²) in [5, 5.41) is 10.9. The number of rotatable bonds is 7. The molecule has 1 aliphatic carbocycles. The zero-order valence-corrected chi connectivity index (χ0v) is 21.1. The predicted octanol–water partition coefficient (Wildman–Crippen LogP) is 5.86. The number of carbonyl (C=O) groups is 2. The molecular formula is C32H32O5. The minimum atomic E-state index is -0.708. The lowest BCUT2D eigenvalue weighted by atomic mass is 9.89. The third kappa shape index (κ3) is 5.52. The minimum Gasteiger partial charge on any atom is -0.462 e. The molecule has 0 bridgehead atoms. The Balaban J connectivity index is 1.29. The first-order chi connectivity index (χ1) is 17.9. The fourth-order valence-corrected chi connectivity index (χ4v) is 5.48. The van der Waals surface area contributed by atoms with Crippen molar-refractivity contribution in [1.82, 2.24) is 0 Å². The first kappa shape index (κ1) is 25.0. The van der Waals surface area contributed by atoms with Crippen LogP contribution in [0.5, 0.6) is 0 Å². The third-order valence-electron chi connectivity index (χ3n) is 7.65. The number of benzene rings is 3. The molecule has 5 nitrogen and oxygen atoms in total. The second-order valence-corrected chi connectivity index (χ2v) is 10.2. The van der Waals surface area contributed by atoms with Gasteiger partial charge in [-0.25, -0.2) is 4.79 Å². The van der Waals surface area contributed by atoms with Crippen molar-refractivity contribution in [2.45, 2.75) is 50.9 Å². The van der Waals surface area contributed by atoms with Crippen molar-refractivity contribution in [2.24, 2.45) is 11.8 Å². The van der Waals surface area contributed by atoms with E-state index in [2.05, 4.69) is 6.07 Å². The van der Waals surface area contributed by atoms with E-state index in [1.54, 1.807) is 18.2 Å². The Bertz CT molecular complexity index is 1280. The first-order valence-electron chi connectivity index (χ1n) is 12.9. The van der Waals surface area contributed by atoms with Gasteiger partial charge in [0.1, 0.15) is 12.2 Å². The molecule has 5 heteroatoms. The molecule has 0 unspecified atom stereocenters. The van der Waals surface area contributed by atoms with Crippen molar-refractivity contribution in [3.8, 4) is 11.1 Å². The molecule has 0 spiro atoms. The van der Waals surface area contributed by atoms with Gasteiger partial charge in [-0.3, -0.25) is 4.79 Å². The molecule has 1 aliphatic heterocycles. The Morgan fingerprint density at radius 1 is 1.03 bits per heavy atom. The van der Waals surface area contributed by atoms with Crippen LogP contribution in [0.15, 0.2) is 91.0 Å². The summed E-state index contributed by atoms with van der Waals surface area (Å²) in [6.07, 6.45) is 3.04. The van der Waals surface area contributed by atoms with Crippen LogP contribution >= 0.6 is 0 Å². The second kappa shape index (κ2) is 10.7. The zero-order chi connectivity index (χ0) is 25.9. The van der Waals surface area contributed by atoms with E-state index in [0.717, 1.165) is 22.3 Å². The molecular weight excluding hydrogens is 464 g/mol. The van der Waals surface area contributed by atoms with Crippen LogP contribution in [-0.2, 0) is 14.3 Å². The highest BCUT2D eigenvalue weighted by Gasteiger charge is 2.50. The number of esters is 2. The van der Waals surface area contributed by atoms with Crippen LogP contribution in [0.4, 0.5) is 0 Å². The largest absolute Gasteiger partial charge is 0.462 e. The maximum absolute atomic E-state index is 13.0. The molecule has 190 valence electrons. The quantitative estimate of drug-likeness (QED) is 0.328. The average Bonchev–Trinajstić information content (AvgIpc) is 3.42. The van der Waals surface area contributed by atoms with Crippen LogP contribution in [-0.4, -0.2) is 35.4 Å². The summed E-state index contributed by atoms with van der Waals surface area (Å²) in [4.78, 5) is 25.0. The van der Waals surface area contributed by atoms with Gasteiger partial charge < -0.3 is 14.6 Å². The highest BCUT2D eigenvalue weighted by atomic mass is 16.6. The van der Waals surface area contributed by atoms with Crippen LogP contribution < -0.4 is 0 Å². The van der Waals surface area contributed by atoms with Crippen LogP contribution in [0, 0.1) is 18.8 Å². The Morgan fingerprint density at radius 2 is 1.76 bits per heavy atom. The molecule has 37 heavy (non-hydrogen) atoms. The predicted molar refractivity (Wildman–Crippen MR) is 142 cm³/mol. The van der Waals surface area contributed by atoms with Gasteiger partial charge in [-0.15, -0.1) is 0 Å². The van der Waals surface area contributed by atoms with E-state index in [1.807, 2.05) is 80.6 Å². The molecule has 6 atom stereocenters. The maximum Gasteiger partial charge on any atom is 0.338 e. The molecule has 2 aliphatic rings. The number of hydrogen-bond donors (Lipinski definition) is 1. The van der Waals surface area contributed by atoms with Crippen molar-refractivity contribution in [2.75, 3.05) is 0 Å². The van der Waals surface area contributed by atoms with Crippen molar-refractivity contribution < 1.29 is 24.2 Å². The highest BCUT2D eigenvalue weighted by Crippen LogP contribution is 2.44. The zero-order valence-electron chi connectivity index (χ0n) is 21.1. The fraction of sp³-hybridized carbons (Fsp3) is 0.312. The van der Waals surface area contributed by atoms with Crippen LogP contribution in [0.3, 0.4) is 0 Å². The second-order valence-electron chi connectivity index (χ2n) is 10.2. The van der Waals surface area contributed by atoms with Gasteiger partial charge >= 0.3 is 11.9 Å². The van der Waals surface area contributed by atoms with Gasteiger partial charge in [0.25, 0.3) is 0 Å². The normalized spacial score (nSPS) is 24.5. The van der Waals surface area contributed by atoms with Crippen molar-refractivity contribution in [3.05, 3.63) is 108 Å². The molecule has 0 amide bonds. The maximum atomic E-state index is 13.0. The summed E-state index contributed by atoms with van der Waals surface area (Å²) < 4.78 is 11.5. The molecule has 3 aromatic rings. The van der Waals surface area contributed by atoms with Crippen molar-refractivity contribution >= 4 is 11.9 Å². The molecule has 1 saturated carbocycles. The molecule has 2 fully saturated rings. The molecule has 5 rings (SSSR count). The summed E-state index contributed by atoms with van der Waals surface area (Å²) in [6, 6.07) is 25.5. The first-order valence-corrected chi connectivity index (χ1v) is 12.9. The molecule has 1 heterocycles. The van der Waals surface area contributed by atoms with Gasteiger partial charge in [0.15, 0.2) is 0 Å². The van der Waals surface area contributed by atoms with Gasteiger partial charge in [0.2, 0.25) is 0 Å². The van der Waals surface area contributed by atoms with Gasteiger partial charge in [0.05, 0.1) is 18.1 Å². The Labute approximate surface area is 217 Å². The average molecular weight is 497 g/mol. The number of aryl methyl sites for hydroxylation is 1. The number of aliphatic hydroxyl groups is 1. The van der Waals surface area contributed by atoms with E-state index >= 15 is 0 Å². The van der Waals surface area contributed by atoms with E-state index in [-0.39, 0.29) is 29.8 Å². The van der Waals surface area contributed by atoms with Gasteiger partial charge in [-0.2, -0.15) is 0 Å². The summed E-state index contributed by atoms with van der Waals surface area (Å²) >= 11 is 0. The van der Waals surface area contributed by atoms with Crippen molar-refractivity contribution in [1.29, 1.82) is 0 Å². The summed E-state index contributed by atoms with van der Waals surface area (Å²) in [5.74, 6) is -0.989. The molecule has 3 aromatic carbocycles. The monoisotopic (exact) mass is 496 g/mol. The van der Waals surface area contributed by atoms with Crippen LogP contribution in [0.25, 0.3) is 11.1 Å². The lowest BCUT2D eigenvalue weighted by Gasteiger charge is -2.22. The number of hydrogen-bond acceptors (Lipinski definition) is 5. The summed E-state index contributed by atoms with van der Waals surface area (Å²) in [7, 11) is 0. The standard InChI is InChI=1S/C32H32O5/c1-20-7-6-10-25(17-20)21(2)28(33)16-15-26-27-18-31(34)36-30(27)19-29(26)37-32(35)24-13-11-23(12-14-24)22-8-4-3-5-9-22/h3-17,21,26-30,33H,18-19H2,1-2H3/b16-15+/t21-,26-,27-,28+,29-,30+/m1/s1. The Morgan fingerprint density at radius 3 is 2.49 bits per heavy atom. The van der Waals surface area contributed by atoms with Gasteiger partial charge in [0, 0.05) is 24.2 Å². The smallest absolute Gasteiger partial charge is 0.338 e. The lowest BCUT2D eigenvalue weighted by molar-refractivity contribution is -0.141. The topological polar surface area (TPSA) is 72.8 Å². The molecule has 0 radical (unpaired) electrons. The highest BCUT2D eigenvalue weighted by molar-refractivity contribution is 5.90. The van der Waals surface area contributed by atoms with Crippen LogP contribution in [0.2, 0.25) is 0 Å². The third-order valence-corrected chi connectivity index (χ3v) is 7.65. The fourth-order valence-electron chi connectivity index (χ4n) is 5.48. The molecule has 1 saturated heterocycles. The van der Waals surface area contributed by atoms with E-state index in [9.17, 15) is 14.7 Å². The SMILES string of the molecule is Cc1cccc([C@@H](C)[C@@H](O)/C=C/[C@@H]2[C@H]3CC(=O)O[C@H]3C[C@H]2OC(=O)c2ccc(-c3ccccc3)cc2)c1. The molecule has 0 aromatic heterocycles. The lowest BCUT2D eigenvalue weighted by Crippen LogP contribution is -2.25. The van der Waals surface area contributed by atoms with Crippen LogP contribution in [0.1, 0.15) is 47.2 Å². The van der Waals surface area contributed by atoms with E-state index in [0.29, 0.717) is 18.4 Å². The van der Waals surface area contributed by atoms with E-state index in [1.165, 1.54) is 0 Å². The number of fused-ring (bicyclic) bond motifs is 1. The summed E-state index contributed by atoms with van der Waals surface area (Å²) in [5.41, 5.74) is 4.78. The van der Waals surface area contributed by atoms with Crippen molar-refractivity contribution in [3.63, 3.8) is 0 Å². The van der Waals surface area contributed by atoms with E-state index < -0.39 is 18.2 Å². The Hall–Kier alpha value is -3.70. The molecule has 1 N–H and O–H groups in total. The summed E-state index contributed by atoms with van der Waals surface area (Å²) in [6.45, 7) is 4.02. The number of ether oxygens (including phenoxy) is 2. The van der Waals surface area contributed by atoms with Gasteiger partial charge in [-0.1, -0.05) is 91.4 Å².